The van der Waals surface area contributed by atoms with Crippen molar-refractivity contribution in [1.29, 1.82) is 0 Å². The highest BCUT2D eigenvalue weighted by Crippen LogP contribution is 2.36. The molecule has 1 aliphatic carbocycles. The van der Waals surface area contributed by atoms with Gasteiger partial charge in [0, 0.05) is 25.2 Å². The lowest BCUT2D eigenvalue weighted by atomic mass is 10.00. The SMILES string of the molecule is Fc1ccc2c(c1)CC(NC1CCN(c3cccc4c3OCCC4)CC1)C2. The zero-order chi connectivity index (χ0) is 18.2. The number of rotatable bonds is 3. The number of nitrogens with zero attached hydrogens (tertiary/aromatic N) is 1. The first-order valence-corrected chi connectivity index (χ1v) is 10.3. The van der Waals surface area contributed by atoms with Crippen molar-refractivity contribution in [1.82, 2.24) is 5.32 Å². The van der Waals surface area contributed by atoms with Crippen molar-refractivity contribution in [2.45, 2.75) is 50.6 Å². The number of anilines is 1. The molecule has 27 heavy (non-hydrogen) atoms. The predicted molar refractivity (Wildman–Crippen MR) is 106 cm³/mol. The largest absolute Gasteiger partial charge is 0.491 e. The molecule has 142 valence electrons. The summed E-state index contributed by atoms with van der Waals surface area (Å²) in [6, 6.07) is 12.8. The lowest BCUT2D eigenvalue weighted by Gasteiger charge is -2.36. The van der Waals surface area contributed by atoms with Crippen LogP contribution in [0.25, 0.3) is 0 Å². The highest BCUT2D eigenvalue weighted by molar-refractivity contribution is 5.62. The predicted octanol–water partition coefficient (Wildman–Crippen LogP) is 3.88. The minimum Gasteiger partial charge on any atom is -0.491 e. The molecule has 2 aliphatic heterocycles. The number of para-hydroxylation sites is 1. The van der Waals surface area contributed by atoms with E-state index in [-0.39, 0.29) is 5.82 Å². The molecule has 5 rings (SSSR count). The summed E-state index contributed by atoms with van der Waals surface area (Å²) in [5, 5.41) is 3.84. The molecule has 1 unspecified atom stereocenters. The Morgan fingerprint density at radius 1 is 0.963 bits per heavy atom. The Balaban J connectivity index is 1.19. The molecule has 4 heteroatoms. The van der Waals surface area contributed by atoms with Gasteiger partial charge in [0.25, 0.3) is 0 Å². The zero-order valence-corrected chi connectivity index (χ0v) is 15.7. The molecule has 0 aromatic heterocycles. The summed E-state index contributed by atoms with van der Waals surface area (Å²) in [5.74, 6) is 1.000. The number of hydrogen-bond donors (Lipinski definition) is 1. The first-order chi connectivity index (χ1) is 13.3. The number of benzene rings is 2. The molecule has 2 aromatic rings. The Kier molecular flexibility index (Phi) is 4.52. The fourth-order valence-corrected chi connectivity index (χ4v) is 4.95. The van der Waals surface area contributed by atoms with Crippen molar-refractivity contribution in [2.24, 2.45) is 0 Å². The molecule has 3 aliphatic rings. The van der Waals surface area contributed by atoms with Gasteiger partial charge in [-0.3, -0.25) is 0 Å². The molecule has 1 saturated heterocycles. The van der Waals surface area contributed by atoms with Crippen LogP contribution >= 0.6 is 0 Å². The molecular formula is C23H27FN2O. The van der Waals surface area contributed by atoms with Gasteiger partial charge in [-0.25, -0.2) is 4.39 Å². The third-order valence-electron chi connectivity index (χ3n) is 6.32. The number of fused-ring (bicyclic) bond motifs is 2. The average Bonchev–Trinajstić information content (AvgIpc) is 3.09. The molecule has 0 amide bonds. The normalized spacial score (nSPS) is 22.3. The summed E-state index contributed by atoms with van der Waals surface area (Å²) in [5.41, 5.74) is 5.11. The van der Waals surface area contributed by atoms with Crippen molar-refractivity contribution in [3.8, 4) is 5.75 Å². The van der Waals surface area contributed by atoms with E-state index in [0.29, 0.717) is 12.1 Å². The number of halogens is 1. The van der Waals surface area contributed by atoms with E-state index in [0.717, 1.165) is 64.0 Å². The van der Waals surface area contributed by atoms with Gasteiger partial charge in [-0.05, 0) is 73.4 Å². The Bertz CT molecular complexity index is 829. The number of ether oxygens (including phenoxy) is 1. The van der Waals surface area contributed by atoms with Gasteiger partial charge < -0.3 is 15.0 Å². The first-order valence-electron chi connectivity index (χ1n) is 10.3. The second-order valence-electron chi connectivity index (χ2n) is 8.16. The van der Waals surface area contributed by atoms with Crippen molar-refractivity contribution in [2.75, 3.05) is 24.6 Å². The van der Waals surface area contributed by atoms with Crippen molar-refractivity contribution in [3.05, 3.63) is 58.9 Å². The maximum Gasteiger partial charge on any atom is 0.145 e. The molecule has 2 aromatic carbocycles. The fourth-order valence-electron chi connectivity index (χ4n) is 4.95. The number of aryl methyl sites for hydroxylation is 1. The van der Waals surface area contributed by atoms with E-state index < -0.39 is 0 Å². The van der Waals surface area contributed by atoms with Crippen molar-refractivity contribution in [3.63, 3.8) is 0 Å². The molecule has 0 bridgehead atoms. The molecule has 1 atom stereocenters. The van der Waals surface area contributed by atoms with E-state index in [9.17, 15) is 4.39 Å². The van der Waals surface area contributed by atoms with Crippen LogP contribution in [0.2, 0.25) is 0 Å². The highest BCUT2D eigenvalue weighted by atomic mass is 19.1. The van der Waals surface area contributed by atoms with E-state index in [1.165, 1.54) is 22.4 Å². The van der Waals surface area contributed by atoms with E-state index in [1.54, 1.807) is 12.1 Å². The molecule has 2 heterocycles. The number of hydrogen-bond acceptors (Lipinski definition) is 3. The molecular weight excluding hydrogens is 339 g/mol. The van der Waals surface area contributed by atoms with Crippen LogP contribution in [-0.2, 0) is 19.3 Å². The summed E-state index contributed by atoms with van der Waals surface area (Å²) in [4.78, 5) is 2.49. The van der Waals surface area contributed by atoms with E-state index in [1.807, 2.05) is 6.07 Å². The molecule has 0 radical (unpaired) electrons. The summed E-state index contributed by atoms with van der Waals surface area (Å²) in [6.45, 7) is 2.96. The Hall–Kier alpha value is -2.07. The fraction of sp³-hybridized carbons (Fsp3) is 0.478. The van der Waals surface area contributed by atoms with Crippen molar-refractivity contribution >= 4 is 5.69 Å². The minimum atomic E-state index is -0.115. The van der Waals surface area contributed by atoms with Crippen LogP contribution in [0.15, 0.2) is 36.4 Å². The zero-order valence-electron chi connectivity index (χ0n) is 15.7. The van der Waals surface area contributed by atoms with Crippen LogP contribution in [0.4, 0.5) is 10.1 Å². The van der Waals surface area contributed by atoms with Crippen LogP contribution in [0.5, 0.6) is 5.75 Å². The van der Waals surface area contributed by atoms with E-state index in [2.05, 4.69) is 28.4 Å². The summed E-state index contributed by atoms with van der Waals surface area (Å²) in [7, 11) is 0. The van der Waals surface area contributed by atoms with Gasteiger partial charge in [0.05, 0.1) is 12.3 Å². The lowest BCUT2D eigenvalue weighted by molar-refractivity contribution is 0.287. The third-order valence-corrected chi connectivity index (χ3v) is 6.32. The lowest BCUT2D eigenvalue weighted by Crippen LogP contribution is -2.46. The van der Waals surface area contributed by atoms with Gasteiger partial charge in [0.1, 0.15) is 11.6 Å². The quantitative estimate of drug-likeness (QED) is 0.892. The van der Waals surface area contributed by atoms with Crippen molar-refractivity contribution < 1.29 is 9.13 Å². The first kappa shape index (κ1) is 17.1. The maximum absolute atomic E-state index is 13.4. The topological polar surface area (TPSA) is 24.5 Å². The standard InChI is InChI=1S/C23H27FN2O/c24-19-7-6-17-14-21(15-18(17)13-19)25-20-8-10-26(11-9-20)22-5-1-3-16-4-2-12-27-23(16)22/h1,3,5-7,13,20-21,25H,2,4,8-12,14-15H2. The summed E-state index contributed by atoms with van der Waals surface area (Å²) in [6.07, 6.45) is 6.51. The summed E-state index contributed by atoms with van der Waals surface area (Å²) >= 11 is 0. The average molecular weight is 366 g/mol. The second-order valence-corrected chi connectivity index (χ2v) is 8.16. The van der Waals surface area contributed by atoms with Gasteiger partial charge in [0.15, 0.2) is 0 Å². The Morgan fingerprint density at radius 2 is 1.81 bits per heavy atom. The maximum atomic E-state index is 13.4. The minimum absolute atomic E-state index is 0.115. The number of nitrogens with one attached hydrogen (secondary N) is 1. The molecule has 1 fully saturated rings. The van der Waals surface area contributed by atoms with E-state index in [4.69, 9.17) is 4.74 Å². The van der Waals surface area contributed by atoms with Gasteiger partial charge >= 0.3 is 0 Å². The highest BCUT2D eigenvalue weighted by Gasteiger charge is 2.28. The third kappa shape index (κ3) is 3.43. The van der Waals surface area contributed by atoms with Gasteiger partial charge in [0.2, 0.25) is 0 Å². The van der Waals surface area contributed by atoms with Crippen LogP contribution < -0.4 is 15.0 Å². The van der Waals surface area contributed by atoms with Crippen LogP contribution in [-0.4, -0.2) is 31.8 Å². The van der Waals surface area contributed by atoms with Crippen LogP contribution in [0.3, 0.4) is 0 Å². The van der Waals surface area contributed by atoms with E-state index >= 15 is 0 Å². The van der Waals surface area contributed by atoms with Gasteiger partial charge in [-0.1, -0.05) is 18.2 Å². The Labute approximate surface area is 160 Å². The Morgan fingerprint density at radius 3 is 2.70 bits per heavy atom. The van der Waals surface area contributed by atoms with Gasteiger partial charge in [-0.2, -0.15) is 0 Å². The molecule has 3 nitrogen and oxygen atoms in total. The molecule has 0 spiro atoms. The monoisotopic (exact) mass is 366 g/mol. The van der Waals surface area contributed by atoms with Crippen LogP contribution in [0.1, 0.15) is 36.0 Å². The van der Waals surface area contributed by atoms with Crippen LogP contribution in [0, 0.1) is 5.82 Å². The van der Waals surface area contributed by atoms with Gasteiger partial charge in [-0.15, -0.1) is 0 Å². The molecule has 0 saturated carbocycles. The smallest absolute Gasteiger partial charge is 0.145 e. The number of piperidine rings is 1. The second kappa shape index (κ2) is 7.16. The molecule has 1 N–H and O–H groups in total. The summed E-state index contributed by atoms with van der Waals surface area (Å²) < 4.78 is 19.4.